The van der Waals surface area contributed by atoms with Crippen LogP contribution in [0.2, 0.25) is 0 Å². The Kier molecular flexibility index (Phi) is 3.49. The minimum absolute atomic E-state index is 0.124. The smallest absolute Gasteiger partial charge is 0.311 e. The summed E-state index contributed by atoms with van der Waals surface area (Å²) in [6.07, 6.45) is 3.69. The Balaban J connectivity index is 1.57. The minimum atomic E-state index is -0.710. The lowest BCUT2D eigenvalue weighted by Gasteiger charge is -2.28. The van der Waals surface area contributed by atoms with E-state index in [1.165, 1.54) is 4.88 Å². The maximum absolute atomic E-state index is 13.0. The molecule has 0 spiro atoms. The Morgan fingerprint density at radius 3 is 3.05 bits per heavy atom. The van der Waals surface area contributed by atoms with Crippen molar-refractivity contribution >= 4 is 35.0 Å². The van der Waals surface area contributed by atoms with E-state index in [1.54, 1.807) is 23.1 Å². The van der Waals surface area contributed by atoms with Gasteiger partial charge in [-0.2, -0.15) is 0 Å². The molecule has 1 unspecified atom stereocenters. The number of aryl methyl sites for hydroxylation is 1. The van der Waals surface area contributed by atoms with Crippen LogP contribution < -0.4 is 0 Å². The van der Waals surface area contributed by atoms with Crippen molar-refractivity contribution in [1.82, 2.24) is 4.90 Å². The van der Waals surface area contributed by atoms with Crippen LogP contribution in [0.1, 0.15) is 35.0 Å². The van der Waals surface area contributed by atoms with Gasteiger partial charge in [-0.15, -0.1) is 23.1 Å². The van der Waals surface area contributed by atoms with E-state index in [1.807, 2.05) is 4.90 Å². The highest BCUT2D eigenvalue weighted by molar-refractivity contribution is 8.00. The highest BCUT2D eigenvalue weighted by Gasteiger charge is 2.56. The van der Waals surface area contributed by atoms with Crippen molar-refractivity contribution < 1.29 is 14.7 Å². The second-order valence-electron chi connectivity index (χ2n) is 6.57. The van der Waals surface area contributed by atoms with Gasteiger partial charge >= 0.3 is 5.97 Å². The quantitative estimate of drug-likeness (QED) is 0.901. The molecule has 1 aliphatic carbocycles. The molecule has 3 aliphatic rings. The molecule has 6 heteroatoms. The summed E-state index contributed by atoms with van der Waals surface area (Å²) in [6.45, 7) is 1.03. The number of fused-ring (bicyclic) bond motifs is 2. The third kappa shape index (κ3) is 2.03. The standard InChI is InChI=1S/C16H19NO3S2/c18-14(13-11-3-6-21-12(11)4-7-22-13)17-8-10-2-1-5-16(10,9-17)15(19)20/h3,6,10,13H,1-2,4-5,7-9H2,(H,19,20)/t10-,13?,16+/m0/s1. The van der Waals surface area contributed by atoms with Crippen LogP contribution in [0, 0.1) is 11.3 Å². The van der Waals surface area contributed by atoms with Gasteiger partial charge in [0.1, 0.15) is 5.25 Å². The largest absolute Gasteiger partial charge is 0.481 e. The predicted molar refractivity (Wildman–Crippen MR) is 87.2 cm³/mol. The summed E-state index contributed by atoms with van der Waals surface area (Å²) in [5.41, 5.74) is 0.486. The lowest BCUT2D eigenvalue weighted by molar-refractivity contribution is -0.149. The zero-order valence-corrected chi connectivity index (χ0v) is 13.9. The third-order valence-electron chi connectivity index (χ3n) is 5.51. The monoisotopic (exact) mass is 337 g/mol. The molecule has 2 aliphatic heterocycles. The van der Waals surface area contributed by atoms with Gasteiger partial charge in [0.25, 0.3) is 0 Å². The number of carbonyl (C=O) groups excluding carboxylic acids is 1. The van der Waals surface area contributed by atoms with Gasteiger partial charge in [0.15, 0.2) is 0 Å². The number of carbonyl (C=O) groups is 2. The Bertz CT molecular complexity index is 629. The summed E-state index contributed by atoms with van der Waals surface area (Å²) < 4.78 is 0. The first kappa shape index (κ1) is 14.6. The topological polar surface area (TPSA) is 57.6 Å². The fourth-order valence-corrected chi connectivity index (χ4v) is 6.70. The normalized spacial score (nSPS) is 33.5. The van der Waals surface area contributed by atoms with E-state index in [-0.39, 0.29) is 17.1 Å². The molecular weight excluding hydrogens is 318 g/mol. The van der Waals surface area contributed by atoms with Crippen molar-refractivity contribution in [2.24, 2.45) is 11.3 Å². The maximum atomic E-state index is 13.0. The summed E-state index contributed by atoms with van der Waals surface area (Å²) in [5.74, 6) is 0.535. The lowest BCUT2D eigenvalue weighted by atomic mass is 9.81. The van der Waals surface area contributed by atoms with Crippen molar-refractivity contribution in [3.63, 3.8) is 0 Å². The third-order valence-corrected chi connectivity index (χ3v) is 7.73. The molecule has 0 aromatic carbocycles. The first-order valence-corrected chi connectivity index (χ1v) is 9.75. The molecule has 3 heterocycles. The number of thiophene rings is 1. The molecule has 3 atom stereocenters. The predicted octanol–water partition coefficient (Wildman–Crippen LogP) is 2.79. The van der Waals surface area contributed by atoms with Crippen LogP contribution >= 0.6 is 23.1 Å². The number of carboxylic acid groups (broad SMARTS) is 1. The second kappa shape index (κ2) is 5.27. The van der Waals surface area contributed by atoms with Gasteiger partial charge in [-0.3, -0.25) is 9.59 Å². The van der Waals surface area contributed by atoms with Gasteiger partial charge < -0.3 is 10.0 Å². The summed E-state index contributed by atoms with van der Waals surface area (Å²) in [5, 5.41) is 11.6. The maximum Gasteiger partial charge on any atom is 0.311 e. The first-order chi connectivity index (χ1) is 10.6. The van der Waals surface area contributed by atoms with E-state index >= 15 is 0 Å². The number of nitrogens with zero attached hydrogens (tertiary/aromatic N) is 1. The Labute approximate surface area is 137 Å². The molecule has 0 bridgehead atoms. The molecule has 1 N–H and O–H groups in total. The number of likely N-dealkylation sites (tertiary alicyclic amines) is 1. The molecule has 4 rings (SSSR count). The van der Waals surface area contributed by atoms with Crippen LogP contribution in [0.25, 0.3) is 0 Å². The van der Waals surface area contributed by atoms with Gasteiger partial charge in [-0.1, -0.05) is 6.42 Å². The number of hydrogen-bond acceptors (Lipinski definition) is 4. The van der Waals surface area contributed by atoms with E-state index in [9.17, 15) is 14.7 Å². The van der Waals surface area contributed by atoms with Gasteiger partial charge in [-0.25, -0.2) is 0 Å². The molecule has 1 amide bonds. The zero-order valence-electron chi connectivity index (χ0n) is 12.3. The molecule has 4 nitrogen and oxygen atoms in total. The summed E-state index contributed by atoms with van der Waals surface area (Å²) in [7, 11) is 0. The number of rotatable bonds is 2. The number of carboxylic acids is 1. The van der Waals surface area contributed by atoms with Crippen molar-refractivity contribution in [3.05, 3.63) is 21.9 Å². The zero-order chi connectivity index (χ0) is 15.3. The van der Waals surface area contributed by atoms with Crippen LogP contribution in [-0.2, 0) is 16.0 Å². The SMILES string of the molecule is O=C(C1SCCc2sccc21)N1C[C@@H]2CCC[C@@]2(C(=O)O)C1. The van der Waals surface area contributed by atoms with Crippen LogP contribution in [0.4, 0.5) is 0 Å². The molecule has 1 aromatic heterocycles. The molecule has 118 valence electrons. The fraction of sp³-hybridized carbons (Fsp3) is 0.625. The van der Waals surface area contributed by atoms with E-state index in [4.69, 9.17) is 0 Å². The van der Waals surface area contributed by atoms with Crippen LogP contribution in [0.3, 0.4) is 0 Å². The van der Waals surface area contributed by atoms with Crippen molar-refractivity contribution in [1.29, 1.82) is 0 Å². The number of aliphatic carboxylic acids is 1. The van der Waals surface area contributed by atoms with Gasteiger partial charge in [0.05, 0.1) is 5.41 Å². The van der Waals surface area contributed by atoms with E-state index in [2.05, 4.69) is 11.4 Å². The summed E-state index contributed by atoms with van der Waals surface area (Å²) in [6, 6.07) is 2.07. The highest BCUT2D eigenvalue weighted by Crippen LogP contribution is 2.50. The molecule has 1 saturated heterocycles. The molecule has 22 heavy (non-hydrogen) atoms. The molecule has 0 radical (unpaired) electrons. The van der Waals surface area contributed by atoms with Crippen molar-refractivity contribution in [3.8, 4) is 0 Å². The van der Waals surface area contributed by atoms with E-state index in [0.717, 1.165) is 37.0 Å². The average molecular weight is 337 g/mol. The number of thioether (sulfide) groups is 1. The molecule has 1 saturated carbocycles. The van der Waals surface area contributed by atoms with E-state index in [0.29, 0.717) is 13.1 Å². The number of amides is 1. The minimum Gasteiger partial charge on any atom is -0.481 e. The van der Waals surface area contributed by atoms with Crippen LogP contribution in [0.15, 0.2) is 11.4 Å². The van der Waals surface area contributed by atoms with Gasteiger partial charge in [0, 0.05) is 18.0 Å². The lowest BCUT2D eigenvalue weighted by Crippen LogP contribution is -2.38. The Hall–Kier alpha value is -1.01. The summed E-state index contributed by atoms with van der Waals surface area (Å²) >= 11 is 3.44. The van der Waals surface area contributed by atoms with E-state index < -0.39 is 11.4 Å². The Morgan fingerprint density at radius 2 is 2.27 bits per heavy atom. The van der Waals surface area contributed by atoms with Crippen molar-refractivity contribution in [2.45, 2.75) is 30.9 Å². The summed E-state index contributed by atoms with van der Waals surface area (Å²) in [4.78, 5) is 27.9. The van der Waals surface area contributed by atoms with Crippen LogP contribution in [-0.4, -0.2) is 40.7 Å². The van der Waals surface area contributed by atoms with Gasteiger partial charge in [-0.05, 0) is 47.9 Å². The first-order valence-electron chi connectivity index (χ1n) is 7.82. The average Bonchev–Trinajstić information content (AvgIpc) is 3.18. The Morgan fingerprint density at radius 1 is 1.41 bits per heavy atom. The molecule has 1 aromatic rings. The molecular formula is C16H19NO3S2. The van der Waals surface area contributed by atoms with Gasteiger partial charge in [0.2, 0.25) is 5.91 Å². The second-order valence-corrected chi connectivity index (χ2v) is 8.78. The molecule has 2 fully saturated rings. The van der Waals surface area contributed by atoms with Crippen molar-refractivity contribution in [2.75, 3.05) is 18.8 Å². The fourth-order valence-electron chi connectivity index (χ4n) is 4.32. The number of hydrogen-bond donors (Lipinski definition) is 1. The van der Waals surface area contributed by atoms with Crippen LogP contribution in [0.5, 0.6) is 0 Å². The highest BCUT2D eigenvalue weighted by atomic mass is 32.2.